The average molecular weight is 343 g/mol. The number of ether oxygens (including phenoxy) is 1. The summed E-state index contributed by atoms with van der Waals surface area (Å²) in [6, 6.07) is 6.16. The van der Waals surface area contributed by atoms with Crippen molar-refractivity contribution < 1.29 is 19.4 Å². The molecule has 0 aromatic heterocycles. The van der Waals surface area contributed by atoms with Gasteiger partial charge < -0.3 is 14.7 Å². The van der Waals surface area contributed by atoms with Crippen molar-refractivity contribution in [3.05, 3.63) is 34.9 Å². The normalized spacial score (nSPS) is 26.6. The van der Waals surface area contributed by atoms with Gasteiger partial charge >= 0.3 is 5.97 Å². The van der Waals surface area contributed by atoms with Crippen LogP contribution in [0.2, 0.25) is 0 Å². The van der Waals surface area contributed by atoms with Crippen molar-refractivity contribution in [2.24, 2.45) is 5.92 Å². The molecule has 2 heterocycles. The summed E-state index contributed by atoms with van der Waals surface area (Å²) in [5, 5.41) is 9.06. The van der Waals surface area contributed by atoms with Gasteiger partial charge in [0.25, 0.3) is 5.91 Å². The third kappa shape index (κ3) is 3.30. The molecule has 0 unspecified atom stereocenters. The summed E-state index contributed by atoms with van der Waals surface area (Å²) in [6.45, 7) is 1.47. The van der Waals surface area contributed by atoms with Crippen LogP contribution in [-0.4, -0.2) is 47.2 Å². The molecule has 1 aromatic rings. The van der Waals surface area contributed by atoms with Gasteiger partial charge in [0.05, 0.1) is 6.10 Å². The van der Waals surface area contributed by atoms with Gasteiger partial charge in [0.1, 0.15) is 0 Å². The van der Waals surface area contributed by atoms with Gasteiger partial charge in [-0.3, -0.25) is 4.79 Å². The van der Waals surface area contributed by atoms with Crippen LogP contribution in [0.1, 0.15) is 53.6 Å². The summed E-state index contributed by atoms with van der Waals surface area (Å²) < 4.78 is 5.69. The number of hydrogen-bond acceptors (Lipinski definition) is 3. The van der Waals surface area contributed by atoms with Crippen LogP contribution in [0.15, 0.2) is 18.2 Å². The van der Waals surface area contributed by atoms with Crippen LogP contribution in [0, 0.1) is 5.92 Å². The first-order valence-corrected chi connectivity index (χ1v) is 9.41. The Labute approximate surface area is 148 Å². The molecule has 3 aliphatic rings. The second kappa shape index (κ2) is 6.79. The summed E-state index contributed by atoms with van der Waals surface area (Å²) in [6.07, 6.45) is 6.03. The van der Waals surface area contributed by atoms with Crippen LogP contribution in [0.25, 0.3) is 0 Å². The molecule has 1 aromatic carbocycles. The number of benzene rings is 1. The molecular formula is C20H25NO4. The number of amides is 1. The zero-order valence-corrected chi connectivity index (χ0v) is 14.4. The summed E-state index contributed by atoms with van der Waals surface area (Å²) in [5.74, 6) is -0.357. The third-order valence-corrected chi connectivity index (χ3v) is 6.03. The Balaban J connectivity index is 1.34. The second-order valence-corrected chi connectivity index (χ2v) is 7.55. The Morgan fingerprint density at radius 1 is 1.04 bits per heavy atom. The molecule has 2 atom stereocenters. The van der Waals surface area contributed by atoms with Gasteiger partial charge in [0.2, 0.25) is 0 Å². The fraction of sp³-hybridized carbons (Fsp3) is 0.600. The molecule has 1 N–H and O–H groups in total. The smallest absolute Gasteiger partial charge is 0.332 e. The second-order valence-electron chi connectivity index (χ2n) is 7.55. The van der Waals surface area contributed by atoms with E-state index in [2.05, 4.69) is 12.1 Å². The van der Waals surface area contributed by atoms with Crippen molar-refractivity contribution in [3.8, 4) is 0 Å². The molecule has 5 nitrogen and oxygen atoms in total. The predicted octanol–water partition coefficient (Wildman–Crippen LogP) is 2.66. The fourth-order valence-electron chi connectivity index (χ4n) is 4.55. The molecule has 2 aliphatic heterocycles. The minimum Gasteiger partial charge on any atom is -0.479 e. The lowest BCUT2D eigenvalue weighted by Gasteiger charge is -2.34. The molecule has 1 aliphatic carbocycles. The number of carboxylic acid groups (broad SMARTS) is 1. The van der Waals surface area contributed by atoms with Crippen LogP contribution >= 0.6 is 0 Å². The molecule has 2 saturated heterocycles. The zero-order chi connectivity index (χ0) is 17.4. The molecule has 25 heavy (non-hydrogen) atoms. The number of carboxylic acids is 1. The van der Waals surface area contributed by atoms with E-state index in [0.717, 1.165) is 50.8 Å². The molecule has 4 rings (SSSR count). The number of rotatable bonds is 3. The summed E-state index contributed by atoms with van der Waals surface area (Å²) in [5.41, 5.74) is 3.53. The third-order valence-electron chi connectivity index (χ3n) is 6.03. The van der Waals surface area contributed by atoms with Crippen molar-refractivity contribution in [1.29, 1.82) is 0 Å². The number of piperidine rings is 1. The summed E-state index contributed by atoms with van der Waals surface area (Å²) >= 11 is 0. The number of hydrogen-bond donors (Lipinski definition) is 1. The minimum atomic E-state index is -0.855. The average Bonchev–Trinajstić information content (AvgIpc) is 3.30. The van der Waals surface area contributed by atoms with Crippen LogP contribution < -0.4 is 0 Å². The van der Waals surface area contributed by atoms with Gasteiger partial charge in [-0.1, -0.05) is 6.07 Å². The highest BCUT2D eigenvalue weighted by molar-refractivity contribution is 5.94. The van der Waals surface area contributed by atoms with Gasteiger partial charge in [-0.2, -0.15) is 0 Å². The van der Waals surface area contributed by atoms with Crippen molar-refractivity contribution in [2.45, 2.75) is 57.2 Å². The van der Waals surface area contributed by atoms with Crippen LogP contribution in [0.5, 0.6) is 0 Å². The van der Waals surface area contributed by atoms with Crippen molar-refractivity contribution in [2.75, 3.05) is 13.1 Å². The lowest BCUT2D eigenvalue weighted by molar-refractivity contribution is -0.150. The Hall–Kier alpha value is -1.88. The Morgan fingerprint density at radius 3 is 2.52 bits per heavy atom. The topological polar surface area (TPSA) is 66.8 Å². The largest absolute Gasteiger partial charge is 0.479 e. The minimum absolute atomic E-state index is 0.0401. The van der Waals surface area contributed by atoms with Crippen LogP contribution in [0.4, 0.5) is 0 Å². The monoisotopic (exact) mass is 343 g/mol. The Kier molecular flexibility index (Phi) is 4.50. The van der Waals surface area contributed by atoms with Crippen molar-refractivity contribution >= 4 is 11.9 Å². The highest BCUT2D eigenvalue weighted by Crippen LogP contribution is 2.32. The van der Waals surface area contributed by atoms with E-state index >= 15 is 0 Å². The van der Waals surface area contributed by atoms with E-state index in [1.807, 2.05) is 11.0 Å². The van der Waals surface area contributed by atoms with Gasteiger partial charge in [-0.15, -0.1) is 0 Å². The molecule has 5 heteroatoms. The highest BCUT2D eigenvalue weighted by Gasteiger charge is 2.37. The molecule has 2 fully saturated rings. The van der Waals surface area contributed by atoms with Crippen molar-refractivity contribution in [3.63, 3.8) is 0 Å². The maximum Gasteiger partial charge on any atom is 0.332 e. The van der Waals surface area contributed by atoms with E-state index < -0.39 is 12.1 Å². The van der Waals surface area contributed by atoms with E-state index in [4.69, 9.17) is 9.84 Å². The number of carbonyl (C=O) groups excluding carboxylic acids is 1. The Bertz CT molecular complexity index is 678. The Morgan fingerprint density at radius 2 is 1.80 bits per heavy atom. The number of aliphatic carboxylic acids is 1. The molecule has 0 spiro atoms. The molecule has 0 radical (unpaired) electrons. The van der Waals surface area contributed by atoms with Gasteiger partial charge in [0.15, 0.2) is 6.10 Å². The van der Waals surface area contributed by atoms with E-state index in [1.165, 1.54) is 17.5 Å². The molecular weight excluding hydrogens is 318 g/mol. The summed E-state index contributed by atoms with van der Waals surface area (Å²) in [4.78, 5) is 25.8. The first kappa shape index (κ1) is 16.6. The highest BCUT2D eigenvalue weighted by atomic mass is 16.5. The first-order chi connectivity index (χ1) is 12.1. The lowest BCUT2D eigenvalue weighted by atomic mass is 9.89. The van der Waals surface area contributed by atoms with E-state index in [1.54, 1.807) is 0 Å². The quantitative estimate of drug-likeness (QED) is 0.916. The fourth-order valence-corrected chi connectivity index (χ4v) is 4.55. The van der Waals surface area contributed by atoms with E-state index in [9.17, 15) is 9.59 Å². The first-order valence-electron chi connectivity index (χ1n) is 9.41. The maximum absolute atomic E-state index is 12.8. The number of nitrogens with zero attached hydrogens (tertiary/aromatic N) is 1. The zero-order valence-electron chi connectivity index (χ0n) is 14.4. The van der Waals surface area contributed by atoms with Gasteiger partial charge in [-0.25, -0.2) is 4.79 Å². The maximum atomic E-state index is 12.8. The standard InChI is InChI=1S/C20H25NO4/c22-19(16-5-4-13-2-1-3-15(13)12-16)21-10-8-14(9-11-21)17-6-7-18(25-17)20(23)24/h4-5,12,14,17-18H,1-3,6-11H2,(H,23,24)/t17-,18+/m0/s1. The van der Waals surface area contributed by atoms with Gasteiger partial charge in [-0.05, 0) is 74.1 Å². The van der Waals surface area contributed by atoms with Crippen LogP contribution in [-0.2, 0) is 22.4 Å². The lowest BCUT2D eigenvalue weighted by Crippen LogP contribution is -2.41. The molecule has 0 saturated carbocycles. The van der Waals surface area contributed by atoms with E-state index in [-0.39, 0.29) is 12.0 Å². The number of carbonyl (C=O) groups is 2. The number of fused-ring (bicyclic) bond motifs is 1. The van der Waals surface area contributed by atoms with Gasteiger partial charge in [0, 0.05) is 18.7 Å². The molecule has 134 valence electrons. The SMILES string of the molecule is O=C(O)[C@H]1CC[C@@H](C2CCN(C(=O)c3ccc4c(c3)CCC4)CC2)O1. The van der Waals surface area contributed by atoms with Crippen molar-refractivity contribution in [1.82, 2.24) is 4.90 Å². The van der Waals surface area contributed by atoms with Crippen LogP contribution in [0.3, 0.4) is 0 Å². The predicted molar refractivity (Wildman–Crippen MR) is 92.6 cm³/mol. The summed E-state index contributed by atoms with van der Waals surface area (Å²) in [7, 11) is 0. The van der Waals surface area contributed by atoms with E-state index in [0.29, 0.717) is 12.3 Å². The number of aryl methyl sites for hydroxylation is 2. The number of likely N-dealkylation sites (tertiary alicyclic amines) is 1. The molecule has 0 bridgehead atoms. The molecule has 1 amide bonds.